The lowest BCUT2D eigenvalue weighted by Crippen LogP contribution is -2.75. The number of Topliss-reactive ketones (excluding diaryl/α,β-unsaturated/α-hetero) is 1. The summed E-state index contributed by atoms with van der Waals surface area (Å²) in [7, 11) is 0. The number of hydrogen-bond donors (Lipinski definition) is 6. The fraction of sp³-hybridized carbons (Fsp3) is 0.455. The van der Waals surface area contributed by atoms with Gasteiger partial charge in [-0.25, -0.2) is 4.79 Å². The predicted molar refractivity (Wildman–Crippen MR) is 154 cm³/mol. The van der Waals surface area contributed by atoms with Crippen molar-refractivity contribution in [3.63, 3.8) is 0 Å². The second-order valence-electron chi connectivity index (χ2n) is 12.3. The summed E-state index contributed by atoms with van der Waals surface area (Å²) in [5.41, 5.74) is -2.08. The molecule has 7 atom stereocenters. The number of fused-ring (bicyclic) bond motifs is 4. The van der Waals surface area contributed by atoms with Gasteiger partial charge in [-0.15, -0.1) is 0 Å². The Labute approximate surface area is 248 Å². The van der Waals surface area contributed by atoms with Crippen LogP contribution in [0.2, 0.25) is 0 Å². The Morgan fingerprint density at radius 3 is 2.49 bits per heavy atom. The van der Waals surface area contributed by atoms with Crippen LogP contribution in [0, 0.1) is 12.8 Å². The van der Waals surface area contributed by atoms with Gasteiger partial charge in [0.15, 0.2) is 5.78 Å². The molecule has 43 heavy (non-hydrogen) atoms. The zero-order valence-corrected chi connectivity index (χ0v) is 23.8. The second-order valence-corrected chi connectivity index (χ2v) is 12.3. The summed E-state index contributed by atoms with van der Waals surface area (Å²) in [4.78, 5) is 25.4. The lowest BCUT2D eigenvalue weighted by Gasteiger charge is -2.57. The molecule has 3 aromatic rings. The van der Waals surface area contributed by atoms with Crippen LogP contribution in [0.1, 0.15) is 70.4 Å². The van der Waals surface area contributed by atoms with E-state index in [9.17, 15) is 40.2 Å². The summed E-state index contributed by atoms with van der Waals surface area (Å²) < 4.78 is 12.1. The first-order valence-electron chi connectivity index (χ1n) is 14.7. The third-order valence-electron chi connectivity index (χ3n) is 9.65. The Kier molecular flexibility index (Phi) is 7.46. The topological polar surface area (TPSA) is 174 Å². The van der Waals surface area contributed by atoms with Gasteiger partial charge in [0.1, 0.15) is 35.4 Å². The Bertz CT molecular complexity index is 1570. The van der Waals surface area contributed by atoms with E-state index in [1.165, 1.54) is 6.07 Å². The van der Waals surface area contributed by atoms with Crippen molar-refractivity contribution in [1.29, 1.82) is 0 Å². The molecule has 6 rings (SSSR count). The zero-order valence-electron chi connectivity index (χ0n) is 23.8. The highest BCUT2D eigenvalue weighted by molar-refractivity contribution is 6.09. The molecule has 2 saturated carbocycles. The molecular formula is C33H36O10. The van der Waals surface area contributed by atoms with E-state index in [1.807, 2.05) is 30.3 Å². The molecule has 10 heteroatoms. The van der Waals surface area contributed by atoms with Crippen molar-refractivity contribution in [2.24, 2.45) is 5.92 Å². The van der Waals surface area contributed by atoms with Gasteiger partial charge in [0.2, 0.25) is 6.29 Å². The monoisotopic (exact) mass is 592 g/mol. The van der Waals surface area contributed by atoms with E-state index in [0.717, 1.165) is 18.1 Å². The average molecular weight is 593 g/mol. The number of carboxylic acids is 1. The van der Waals surface area contributed by atoms with Crippen LogP contribution in [0.25, 0.3) is 10.8 Å². The molecule has 1 heterocycles. The van der Waals surface area contributed by atoms with Crippen molar-refractivity contribution in [1.82, 2.24) is 0 Å². The first-order chi connectivity index (χ1) is 20.4. The standard InChI is InChI=1S/C33H36O10/c1-17-14-19-15-20(29(38)39)16-23(25(19)26(35)24(17)22(34)10-9-18-6-3-2-4-7-18)42-30-27(36)28(37)33(41)13-11-21-8-5-12-32(21,40)31(33)43-30/h2-4,6-7,14-16,21,27-28,30-31,35-37,40-41H,5,8-13H2,1H3,(H,38,39). The largest absolute Gasteiger partial charge is 0.506 e. The van der Waals surface area contributed by atoms with E-state index in [0.29, 0.717) is 31.2 Å². The number of carbonyl (C=O) groups excluding carboxylic acids is 1. The number of aromatic carboxylic acids is 1. The van der Waals surface area contributed by atoms with E-state index in [1.54, 1.807) is 13.0 Å². The Balaban J connectivity index is 1.39. The minimum atomic E-state index is -1.92. The molecule has 0 aromatic heterocycles. The van der Waals surface area contributed by atoms with Crippen LogP contribution < -0.4 is 4.74 Å². The number of aryl methyl sites for hydroxylation is 2. The van der Waals surface area contributed by atoms with Crippen LogP contribution in [0.15, 0.2) is 48.5 Å². The van der Waals surface area contributed by atoms with E-state index in [4.69, 9.17) is 9.47 Å². The van der Waals surface area contributed by atoms with E-state index < -0.39 is 47.5 Å². The van der Waals surface area contributed by atoms with Crippen LogP contribution >= 0.6 is 0 Å². The van der Waals surface area contributed by atoms with Crippen molar-refractivity contribution in [3.8, 4) is 11.5 Å². The fourth-order valence-corrected chi connectivity index (χ4v) is 7.43. The zero-order chi connectivity index (χ0) is 30.7. The van der Waals surface area contributed by atoms with Crippen LogP contribution in [0.3, 0.4) is 0 Å². The molecule has 0 bridgehead atoms. The van der Waals surface area contributed by atoms with Gasteiger partial charge in [-0.3, -0.25) is 4.79 Å². The van der Waals surface area contributed by atoms with Crippen molar-refractivity contribution < 1.29 is 49.7 Å². The molecule has 0 radical (unpaired) electrons. The maximum absolute atomic E-state index is 13.4. The molecule has 10 nitrogen and oxygen atoms in total. The second kappa shape index (κ2) is 10.9. The number of hydrogen-bond acceptors (Lipinski definition) is 9. The van der Waals surface area contributed by atoms with Gasteiger partial charge < -0.3 is 40.1 Å². The van der Waals surface area contributed by atoms with E-state index in [2.05, 4.69) is 0 Å². The normalized spacial score (nSPS) is 31.8. The van der Waals surface area contributed by atoms with Crippen LogP contribution in [0.4, 0.5) is 0 Å². The molecule has 228 valence electrons. The van der Waals surface area contributed by atoms with Gasteiger partial charge >= 0.3 is 5.97 Å². The van der Waals surface area contributed by atoms with E-state index >= 15 is 0 Å². The number of phenols is 1. The molecule has 3 fully saturated rings. The van der Waals surface area contributed by atoms with Crippen molar-refractivity contribution in [2.45, 2.75) is 87.7 Å². The maximum Gasteiger partial charge on any atom is 0.335 e. The van der Waals surface area contributed by atoms with Gasteiger partial charge in [0.05, 0.1) is 22.1 Å². The lowest BCUT2D eigenvalue weighted by atomic mass is 9.64. The van der Waals surface area contributed by atoms with Crippen molar-refractivity contribution in [3.05, 3.63) is 70.8 Å². The number of phenolic OH excluding ortho intramolecular Hbond substituents is 1. The van der Waals surface area contributed by atoms with Crippen molar-refractivity contribution in [2.75, 3.05) is 0 Å². The van der Waals surface area contributed by atoms with Gasteiger partial charge in [-0.05, 0) is 73.6 Å². The van der Waals surface area contributed by atoms with Crippen molar-refractivity contribution >= 4 is 22.5 Å². The molecule has 0 spiro atoms. The van der Waals surface area contributed by atoms with Crippen LogP contribution in [-0.2, 0) is 11.2 Å². The summed E-state index contributed by atoms with van der Waals surface area (Å²) in [6.07, 6.45) is -3.49. The predicted octanol–water partition coefficient (Wildman–Crippen LogP) is 3.25. The van der Waals surface area contributed by atoms with Crippen LogP contribution in [0.5, 0.6) is 11.5 Å². The molecule has 7 unspecified atom stereocenters. The summed E-state index contributed by atoms with van der Waals surface area (Å²) in [5.74, 6) is -2.36. The summed E-state index contributed by atoms with van der Waals surface area (Å²) in [6, 6.07) is 13.5. The number of aromatic hydroxyl groups is 1. The molecular weight excluding hydrogens is 556 g/mol. The SMILES string of the molecule is Cc1cc2cc(C(=O)O)cc(OC3OC4C5(O)CCCC5CCC4(O)C(O)C3O)c2c(O)c1C(=O)CCc1ccccc1. The van der Waals surface area contributed by atoms with Crippen LogP contribution in [-0.4, -0.2) is 78.2 Å². The highest BCUT2D eigenvalue weighted by Crippen LogP contribution is 2.54. The minimum Gasteiger partial charge on any atom is -0.506 e. The Morgan fingerprint density at radius 1 is 1.02 bits per heavy atom. The van der Waals surface area contributed by atoms with E-state index in [-0.39, 0.29) is 52.2 Å². The third kappa shape index (κ3) is 4.87. The summed E-state index contributed by atoms with van der Waals surface area (Å²) >= 11 is 0. The Hall–Kier alpha value is -3.54. The number of carboxylic acid groups (broad SMARTS) is 1. The van der Waals surface area contributed by atoms with Gasteiger partial charge in [0.25, 0.3) is 0 Å². The van der Waals surface area contributed by atoms with Gasteiger partial charge in [0, 0.05) is 6.42 Å². The molecule has 2 aliphatic carbocycles. The number of ketones is 1. The van der Waals surface area contributed by atoms with Gasteiger partial charge in [-0.1, -0.05) is 42.8 Å². The molecule has 3 aliphatic rings. The molecule has 3 aromatic carbocycles. The molecule has 1 saturated heterocycles. The van der Waals surface area contributed by atoms with Gasteiger partial charge in [-0.2, -0.15) is 0 Å². The quantitative estimate of drug-likeness (QED) is 0.224. The first-order valence-corrected chi connectivity index (χ1v) is 14.7. The summed E-state index contributed by atoms with van der Waals surface area (Å²) in [6.45, 7) is 1.65. The highest BCUT2D eigenvalue weighted by atomic mass is 16.7. The maximum atomic E-state index is 13.4. The number of benzene rings is 3. The smallest absolute Gasteiger partial charge is 0.335 e. The number of ether oxygens (including phenoxy) is 2. The number of aliphatic hydroxyl groups is 4. The number of carbonyl (C=O) groups is 2. The third-order valence-corrected chi connectivity index (χ3v) is 9.65. The molecule has 6 N–H and O–H groups in total. The first kappa shape index (κ1) is 29.5. The fourth-order valence-electron chi connectivity index (χ4n) is 7.43. The number of rotatable bonds is 7. The Morgan fingerprint density at radius 2 is 1.77 bits per heavy atom. The number of aliphatic hydroxyl groups excluding tert-OH is 2. The minimum absolute atomic E-state index is 0.0332. The highest BCUT2D eigenvalue weighted by Gasteiger charge is 2.67. The lowest BCUT2D eigenvalue weighted by molar-refractivity contribution is -0.355. The molecule has 1 aliphatic heterocycles. The summed E-state index contributed by atoms with van der Waals surface area (Å²) in [5, 5.41) is 66.7. The molecule has 0 amide bonds. The average Bonchev–Trinajstić information content (AvgIpc) is 3.37.